The van der Waals surface area contributed by atoms with Crippen molar-refractivity contribution in [2.75, 3.05) is 19.6 Å². The summed E-state index contributed by atoms with van der Waals surface area (Å²) in [6.45, 7) is 13.5. The van der Waals surface area contributed by atoms with Crippen LogP contribution in [0.1, 0.15) is 40.5 Å². The number of carbonyl (C=O) groups is 2. The van der Waals surface area contributed by atoms with Crippen LogP contribution in [0.15, 0.2) is 36.1 Å². The molecule has 1 aliphatic rings. The van der Waals surface area contributed by atoms with Crippen molar-refractivity contribution in [2.45, 2.75) is 40.5 Å². The molecule has 1 fully saturated rings. The number of hydrogen-bond acceptors (Lipinski definition) is 2. The van der Waals surface area contributed by atoms with E-state index in [4.69, 9.17) is 0 Å². The van der Waals surface area contributed by atoms with Gasteiger partial charge in [0.25, 0.3) is 0 Å². The number of amides is 2. The molecule has 22 heavy (non-hydrogen) atoms. The predicted octanol–water partition coefficient (Wildman–Crippen LogP) is 3.13. The molecule has 2 amide bonds. The van der Waals surface area contributed by atoms with Crippen molar-refractivity contribution >= 4 is 11.8 Å². The zero-order chi connectivity index (χ0) is 16.7. The Morgan fingerprint density at radius 2 is 1.86 bits per heavy atom. The van der Waals surface area contributed by atoms with Gasteiger partial charge in [0.15, 0.2) is 0 Å². The van der Waals surface area contributed by atoms with Gasteiger partial charge in [-0.15, -0.1) is 0 Å². The Labute approximate surface area is 134 Å². The molecule has 0 aliphatic carbocycles. The molecule has 1 saturated heterocycles. The normalized spacial score (nSPS) is 15.8. The van der Waals surface area contributed by atoms with Gasteiger partial charge >= 0.3 is 0 Å². The summed E-state index contributed by atoms with van der Waals surface area (Å²) in [7, 11) is 0. The first-order valence-electron chi connectivity index (χ1n) is 8.03. The fraction of sp³-hybridized carbons (Fsp3) is 0.556. The first-order chi connectivity index (χ1) is 10.5. The summed E-state index contributed by atoms with van der Waals surface area (Å²) in [5.74, 6) is 0.0779. The number of likely N-dealkylation sites (tertiary alicyclic amines) is 1. The lowest BCUT2D eigenvalue weighted by molar-refractivity contribution is -0.146. The van der Waals surface area contributed by atoms with E-state index in [1.165, 1.54) is 5.57 Å². The molecule has 1 rings (SSSR count). The summed E-state index contributed by atoms with van der Waals surface area (Å²) in [6, 6.07) is 0. The van der Waals surface area contributed by atoms with E-state index in [0.717, 1.165) is 6.42 Å². The van der Waals surface area contributed by atoms with E-state index < -0.39 is 0 Å². The van der Waals surface area contributed by atoms with Crippen molar-refractivity contribution in [3.8, 4) is 0 Å². The molecule has 0 aromatic carbocycles. The minimum atomic E-state index is -0.104. The Bertz CT molecular complexity index is 485. The van der Waals surface area contributed by atoms with Crippen LogP contribution < -0.4 is 0 Å². The average Bonchev–Trinajstić information content (AvgIpc) is 2.46. The molecule has 4 nitrogen and oxygen atoms in total. The summed E-state index contributed by atoms with van der Waals surface area (Å²) < 4.78 is 0. The van der Waals surface area contributed by atoms with Crippen LogP contribution in [0.5, 0.6) is 0 Å². The average molecular weight is 304 g/mol. The molecule has 0 bridgehead atoms. The van der Waals surface area contributed by atoms with E-state index in [1.807, 2.05) is 32.9 Å². The van der Waals surface area contributed by atoms with Crippen LogP contribution in [0.4, 0.5) is 0 Å². The lowest BCUT2D eigenvalue weighted by Crippen LogP contribution is -2.56. The zero-order valence-electron chi connectivity index (χ0n) is 14.3. The van der Waals surface area contributed by atoms with Crippen molar-refractivity contribution in [1.29, 1.82) is 0 Å². The summed E-state index contributed by atoms with van der Waals surface area (Å²) in [4.78, 5) is 27.8. The van der Waals surface area contributed by atoms with Gasteiger partial charge in [-0.25, -0.2) is 0 Å². The Kier molecular flexibility index (Phi) is 7.09. The standard InChI is InChI=1S/C18H28N2O2/c1-6-10-14(5)20(11-15(7-2)8-3)18(22)16-12-19(13-16)17(21)9-4/h6-7,10,16H,5,8-9,11-13H2,1-4H3/b10-6-,15-7+. The fourth-order valence-electron chi connectivity index (χ4n) is 2.50. The van der Waals surface area contributed by atoms with E-state index in [1.54, 1.807) is 9.80 Å². The van der Waals surface area contributed by atoms with Crippen molar-refractivity contribution in [3.05, 3.63) is 36.1 Å². The van der Waals surface area contributed by atoms with E-state index in [-0.39, 0.29) is 17.7 Å². The lowest BCUT2D eigenvalue weighted by atomic mass is 9.97. The van der Waals surface area contributed by atoms with E-state index >= 15 is 0 Å². The quantitative estimate of drug-likeness (QED) is 0.535. The van der Waals surface area contributed by atoms with Gasteiger partial charge in [0.2, 0.25) is 11.8 Å². The SMILES string of the molecule is C=C(/C=C\C)N(C/C(=C/C)CC)C(=O)C1CN(C(=O)CC)C1. The van der Waals surface area contributed by atoms with Crippen LogP contribution in [0.25, 0.3) is 0 Å². The first-order valence-corrected chi connectivity index (χ1v) is 8.03. The second kappa shape index (κ2) is 8.57. The summed E-state index contributed by atoms with van der Waals surface area (Å²) in [5.41, 5.74) is 1.92. The molecule has 0 unspecified atom stereocenters. The van der Waals surface area contributed by atoms with Crippen LogP contribution in [-0.4, -0.2) is 41.2 Å². The zero-order valence-corrected chi connectivity index (χ0v) is 14.3. The summed E-state index contributed by atoms with van der Waals surface area (Å²) >= 11 is 0. The van der Waals surface area contributed by atoms with Gasteiger partial charge in [0.05, 0.1) is 5.92 Å². The number of hydrogen-bond donors (Lipinski definition) is 0. The van der Waals surface area contributed by atoms with Crippen LogP contribution in [0.2, 0.25) is 0 Å². The molecule has 122 valence electrons. The van der Waals surface area contributed by atoms with Crippen LogP contribution in [-0.2, 0) is 9.59 Å². The Hall–Kier alpha value is -1.84. The van der Waals surface area contributed by atoms with Gasteiger partial charge in [-0.1, -0.05) is 38.2 Å². The lowest BCUT2D eigenvalue weighted by Gasteiger charge is -2.40. The number of carbonyl (C=O) groups excluding carboxylic acids is 2. The molecular formula is C18H28N2O2. The van der Waals surface area contributed by atoms with E-state index in [0.29, 0.717) is 31.8 Å². The fourth-order valence-corrected chi connectivity index (χ4v) is 2.50. The first kappa shape index (κ1) is 18.2. The maximum absolute atomic E-state index is 12.7. The van der Waals surface area contributed by atoms with Gasteiger partial charge in [-0.05, 0) is 26.3 Å². The summed E-state index contributed by atoms with van der Waals surface area (Å²) in [6.07, 6.45) is 7.20. The molecule has 0 radical (unpaired) electrons. The Balaban J connectivity index is 2.77. The van der Waals surface area contributed by atoms with Gasteiger partial charge < -0.3 is 9.80 Å². The topological polar surface area (TPSA) is 40.6 Å². The minimum Gasteiger partial charge on any atom is -0.341 e. The largest absolute Gasteiger partial charge is 0.341 e. The Morgan fingerprint density at radius 1 is 1.23 bits per heavy atom. The van der Waals surface area contributed by atoms with Gasteiger partial charge in [-0.2, -0.15) is 0 Å². The molecule has 0 aromatic heterocycles. The monoisotopic (exact) mass is 304 g/mol. The summed E-state index contributed by atoms with van der Waals surface area (Å²) in [5, 5.41) is 0. The molecule has 0 saturated carbocycles. The van der Waals surface area contributed by atoms with Crippen molar-refractivity contribution < 1.29 is 9.59 Å². The second-order valence-corrected chi connectivity index (χ2v) is 5.57. The van der Waals surface area contributed by atoms with Gasteiger partial charge in [0.1, 0.15) is 0 Å². The van der Waals surface area contributed by atoms with Crippen LogP contribution >= 0.6 is 0 Å². The maximum atomic E-state index is 12.7. The van der Waals surface area contributed by atoms with E-state index in [2.05, 4.69) is 19.6 Å². The number of rotatable bonds is 7. The smallest absolute Gasteiger partial charge is 0.233 e. The highest BCUT2D eigenvalue weighted by molar-refractivity contribution is 5.85. The van der Waals surface area contributed by atoms with Gasteiger partial charge in [-0.3, -0.25) is 9.59 Å². The highest BCUT2D eigenvalue weighted by Gasteiger charge is 2.37. The second-order valence-electron chi connectivity index (χ2n) is 5.57. The number of allylic oxidation sites excluding steroid dienone is 3. The van der Waals surface area contributed by atoms with Crippen LogP contribution in [0, 0.1) is 5.92 Å². The van der Waals surface area contributed by atoms with Crippen molar-refractivity contribution in [2.24, 2.45) is 5.92 Å². The van der Waals surface area contributed by atoms with Crippen molar-refractivity contribution in [1.82, 2.24) is 9.80 Å². The molecule has 0 aromatic rings. The molecule has 0 N–H and O–H groups in total. The van der Waals surface area contributed by atoms with Crippen LogP contribution in [0.3, 0.4) is 0 Å². The highest BCUT2D eigenvalue weighted by Crippen LogP contribution is 2.22. The third-order valence-electron chi connectivity index (χ3n) is 4.08. The maximum Gasteiger partial charge on any atom is 0.233 e. The number of nitrogens with zero attached hydrogens (tertiary/aromatic N) is 2. The molecular weight excluding hydrogens is 276 g/mol. The van der Waals surface area contributed by atoms with E-state index in [9.17, 15) is 9.59 Å². The molecule has 1 heterocycles. The minimum absolute atomic E-state index is 0.0658. The molecule has 4 heteroatoms. The third-order valence-corrected chi connectivity index (χ3v) is 4.08. The predicted molar refractivity (Wildman–Crippen MR) is 90.1 cm³/mol. The van der Waals surface area contributed by atoms with Gasteiger partial charge in [0, 0.05) is 31.8 Å². The molecule has 0 atom stereocenters. The Morgan fingerprint density at radius 3 is 2.32 bits per heavy atom. The molecule has 1 aliphatic heterocycles. The molecule has 0 spiro atoms. The highest BCUT2D eigenvalue weighted by atomic mass is 16.2. The van der Waals surface area contributed by atoms with Crippen molar-refractivity contribution in [3.63, 3.8) is 0 Å². The third kappa shape index (κ3) is 4.33.